The number of benzene rings is 1. The van der Waals surface area contributed by atoms with Gasteiger partial charge in [-0.2, -0.15) is 0 Å². The van der Waals surface area contributed by atoms with Crippen LogP contribution in [-0.4, -0.2) is 37.1 Å². The van der Waals surface area contributed by atoms with Crippen LogP contribution in [0.4, 0.5) is 0 Å². The summed E-state index contributed by atoms with van der Waals surface area (Å²) < 4.78 is 16.0. The molecule has 1 aromatic rings. The van der Waals surface area contributed by atoms with Gasteiger partial charge in [-0.3, -0.25) is 25.2 Å². The smallest absolute Gasteiger partial charge is 0.309 e. The van der Waals surface area contributed by atoms with Gasteiger partial charge < -0.3 is 14.2 Å². The minimum atomic E-state index is -0.880. The van der Waals surface area contributed by atoms with Gasteiger partial charge in [-0.05, 0) is 25.0 Å². The highest BCUT2D eigenvalue weighted by molar-refractivity contribution is 5.86. The number of ether oxygens (including phenoxy) is 3. The Bertz CT molecular complexity index is 671. The fourth-order valence-electron chi connectivity index (χ4n) is 2.99. The molecule has 0 saturated heterocycles. The molecule has 8 nitrogen and oxygen atoms in total. The van der Waals surface area contributed by atoms with E-state index in [2.05, 4.69) is 10.9 Å². The van der Waals surface area contributed by atoms with Crippen molar-refractivity contribution in [3.63, 3.8) is 0 Å². The van der Waals surface area contributed by atoms with Gasteiger partial charge in [-0.15, -0.1) is 0 Å². The lowest BCUT2D eigenvalue weighted by Gasteiger charge is -2.25. The fraction of sp³-hybridized carbons (Fsp3) is 0.500. The van der Waals surface area contributed by atoms with Crippen LogP contribution >= 0.6 is 0 Å². The zero-order chi connectivity index (χ0) is 18.4. The SMILES string of the molecule is O=C(COC(=O)C1CCCCC1)NNC(=O)[C@@H]1COc2ccccc2O1. The van der Waals surface area contributed by atoms with Crippen molar-refractivity contribution in [1.82, 2.24) is 10.9 Å². The zero-order valence-corrected chi connectivity index (χ0v) is 14.4. The fourth-order valence-corrected chi connectivity index (χ4v) is 2.99. The summed E-state index contributed by atoms with van der Waals surface area (Å²) >= 11 is 0. The van der Waals surface area contributed by atoms with Crippen LogP contribution in [0.1, 0.15) is 32.1 Å². The Labute approximate surface area is 151 Å². The lowest BCUT2D eigenvalue weighted by molar-refractivity contribution is -0.154. The molecule has 0 radical (unpaired) electrons. The number of nitrogens with one attached hydrogen (secondary N) is 2. The first-order valence-electron chi connectivity index (χ1n) is 8.77. The van der Waals surface area contributed by atoms with Crippen molar-refractivity contribution in [3.05, 3.63) is 24.3 Å². The van der Waals surface area contributed by atoms with E-state index < -0.39 is 24.5 Å². The van der Waals surface area contributed by atoms with Crippen LogP contribution in [0.15, 0.2) is 24.3 Å². The minimum absolute atomic E-state index is 0.0371. The van der Waals surface area contributed by atoms with Gasteiger partial charge in [-0.25, -0.2) is 0 Å². The Kier molecular flexibility index (Phi) is 5.93. The topological polar surface area (TPSA) is 103 Å². The predicted molar refractivity (Wildman–Crippen MR) is 90.2 cm³/mol. The molecule has 2 N–H and O–H groups in total. The highest BCUT2D eigenvalue weighted by atomic mass is 16.6. The van der Waals surface area contributed by atoms with Crippen molar-refractivity contribution in [1.29, 1.82) is 0 Å². The molecular formula is C18H22N2O6. The maximum atomic E-state index is 12.1. The van der Waals surface area contributed by atoms with Crippen LogP contribution in [0.5, 0.6) is 11.5 Å². The van der Waals surface area contributed by atoms with E-state index in [0.29, 0.717) is 11.5 Å². The van der Waals surface area contributed by atoms with Gasteiger partial charge in [0, 0.05) is 0 Å². The lowest BCUT2D eigenvalue weighted by Crippen LogP contribution is -2.51. The number of carbonyl (C=O) groups excluding carboxylic acids is 3. The number of rotatable bonds is 4. The van der Waals surface area contributed by atoms with Gasteiger partial charge in [0.25, 0.3) is 11.8 Å². The molecule has 2 amide bonds. The molecule has 1 aromatic carbocycles. The van der Waals surface area contributed by atoms with E-state index in [1.807, 2.05) is 0 Å². The van der Waals surface area contributed by atoms with Gasteiger partial charge in [0.1, 0.15) is 6.61 Å². The summed E-state index contributed by atoms with van der Waals surface area (Å²) in [7, 11) is 0. The minimum Gasteiger partial charge on any atom is -0.485 e. The summed E-state index contributed by atoms with van der Waals surface area (Å²) in [5, 5.41) is 0. The molecule has 2 aliphatic rings. The van der Waals surface area contributed by atoms with Gasteiger partial charge in [0.15, 0.2) is 18.1 Å². The standard InChI is InChI=1S/C18H22N2O6/c21-16(11-25-18(23)12-6-2-1-3-7-12)19-20-17(22)15-10-24-13-8-4-5-9-14(13)26-15/h4-5,8-9,12,15H,1-3,6-7,10-11H2,(H,19,21)(H,20,22)/t15-/m0/s1. The number of hydrogen-bond acceptors (Lipinski definition) is 6. The van der Waals surface area contributed by atoms with E-state index in [9.17, 15) is 14.4 Å². The van der Waals surface area contributed by atoms with Crippen LogP contribution in [0.2, 0.25) is 0 Å². The quantitative estimate of drug-likeness (QED) is 0.614. The highest BCUT2D eigenvalue weighted by Crippen LogP contribution is 2.30. The summed E-state index contributed by atoms with van der Waals surface area (Å²) in [6.45, 7) is -0.393. The number of fused-ring (bicyclic) bond motifs is 1. The van der Waals surface area contributed by atoms with Crippen molar-refractivity contribution in [2.24, 2.45) is 5.92 Å². The number of amides is 2. The maximum absolute atomic E-state index is 12.1. The average Bonchev–Trinajstić information content (AvgIpc) is 2.70. The van der Waals surface area contributed by atoms with Crippen LogP contribution < -0.4 is 20.3 Å². The maximum Gasteiger partial charge on any atom is 0.309 e. The van der Waals surface area contributed by atoms with Crippen molar-refractivity contribution >= 4 is 17.8 Å². The average molecular weight is 362 g/mol. The molecule has 1 saturated carbocycles. The second kappa shape index (κ2) is 8.55. The Balaban J connectivity index is 1.37. The van der Waals surface area contributed by atoms with Gasteiger partial charge >= 0.3 is 5.97 Å². The van der Waals surface area contributed by atoms with Crippen LogP contribution in [0.3, 0.4) is 0 Å². The molecule has 8 heteroatoms. The summed E-state index contributed by atoms with van der Waals surface area (Å²) in [5.41, 5.74) is 4.46. The number of esters is 1. The number of hydrogen-bond donors (Lipinski definition) is 2. The van der Waals surface area contributed by atoms with E-state index >= 15 is 0 Å². The van der Waals surface area contributed by atoms with E-state index in [1.165, 1.54) is 0 Å². The third-order valence-corrected chi connectivity index (χ3v) is 4.41. The Morgan fingerprint density at radius 3 is 2.54 bits per heavy atom. The molecule has 1 fully saturated rings. The third-order valence-electron chi connectivity index (χ3n) is 4.41. The normalized spacial score (nSPS) is 19.3. The third kappa shape index (κ3) is 4.65. The molecule has 1 aliphatic carbocycles. The second-order valence-corrected chi connectivity index (χ2v) is 6.34. The van der Waals surface area contributed by atoms with Crippen molar-refractivity contribution in [2.75, 3.05) is 13.2 Å². The Morgan fingerprint density at radius 1 is 1.04 bits per heavy atom. The van der Waals surface area contributed by atoms with E-state index in [-0.39, 0.29) is 18.5 Å². The molecule has 0 aromatic heterocycles. The number of hydrazine groups is 1. The van der Waals surface area contributed by atoms with Gasteiger partial charge in [0.2, 0.25) is 6.10 Å². The first-order chi connectivity index (χ1) is 12.6. The molecule has 0 spiro atoms. The van der Waals surface area contributed by atoms with Crippen LogP contribution in [0.25, 0.3) is 0 Å². The van der Waals surface area contributed by atoms with Crippen LogP contribution in [-0.2, 0) is 19.1 Å². The molecule has 26 heavy (non-hydrogen) atoms. The van der Waals surface area contributed by atoms with E-state index in [0.717, 1.165) is 32.1 Å². The van der Waals surface area contributed by atoms with E-state index in [1.54, 1.807) is 24.3 Å². The van der Waals surface area contributed by atoms with Gasteiger partial charge in [-0.1, -0.05) is 31.4 Å². The monoisotopic (exact) mass is 362 g/mol. The Hall–Kier alpha value is -2.77. The first kappa shape index (κ1) is 18.0. The lowest BCUT2D eigenvalue weighted by atomic mass is 9.89. The molecule has 0 unspecified atom stereocenters. The molecule has 1 atom stereocenters. The molecule has 1 heterocycles. The molecular weight excluding hydrogens is 340 g/mol. The number of para-hydroxylation sites is 2. The zero-order valence-electron chi connectivity index (χ0n) is 14.4. The largest absolute Gasteiger partial charge is 0.485 e. The highest BCUT2D eigenvalue weighted by Gasteiger charge is 2.28. The summed E-state index contributed by atoms with van der Waals surface area (Å²) in [4.78, 5) is 35.7. The second-order valence-electron chi connectivity index (χ2n) is 6.34. The molecule has 140 valence electrons. The van der Waals surface area contributed by atoms with Crippen molar-refractivity contribution in [3.8, 4) is 11.5 Å². The summed E-state index contributed by atoms with van der Waals surface area (Å²) in [6.07, 6.45) is 3.88. The van der Waals surface area contributed by atoms with Gasteiger partial charge in [0.05, 0.1) is 5.92 Å². The number of carbonyl (C=O) groups is 3. The molecule has 3 rings (SSSR count). The van der Waals surface area contributed by atoms with Crippen molar-refractivity contribution in [2.45, 2.75) is 38.2 Å². The Morgan fingerprint density at radius 2 is 1.77 bits per heavy atom. The summed E-state index contributed by atoms with van der Waals surface area (Å²) in [5.74, 6) is -0.612. The van der Waals surface area contributed by atoms with Crippen molar-refractivity contribution < 1.29 is 28.6 Å². The molecule has 1 aliphatic heterocycles. The van der Waals surface area contributed by atoms with Crippen LogP contribution in [0, 0.1) is 5.92 Å². The molecule has 0 bridgehead atoms. The van der Waals surface area contributed by atoms with E-state index in [4.69, 9.17) is 14.2 Å². The summed E-state index contributed by atoms with van der Waals surface area (Å²) in [6, 6.07) is 7.01. The predicted octanol–water partition coefficient (Wildman–Crippen LogP) is 1.10. The first-order valence-corrected chi connectivity index (χ1v) is 8.77.